The summed E-state index contributed by atoms with van der Waals surface area (Å²) in [7, 11) is 0. The zero-order valence-corrected chi connectivity index (χ0v) is 14.1. The summed E-state index contributed by atoms with van der Waals surface area (Å²) in [5.74, 6) is -0.239. The standard InChI is InChI=1S/C17H12N4O4S/c22-13-7-9(15-14(20-13)10(8-26-15)17(23)24)4-5-12-19-16(25-21-12)11-3-1-2-6-18-11/h1-3,6-8H,4-5H2,(H,20,22)(H,23,24). The normalized spacial score (nSPS) is 11.1. The lowest BCUT2D eigenvalue weighted by atomic mass is 10.1. The van der Waals surface area contributed by atoms with E-state index in [2.05, 4.69) is 20.1 Å². The van der Waals surface area contributed by atoms with Crippen molar-refractivity contribution < 1.29 is 14.4 Å². The molecule has 0 amide bonds. The molecule has 0 bridgehead atoms. The first-order valence-corrected chi connectivity index (χ1v) is 8.60. The molecule has 0 aliphatic carbocycles. The molecule has 0 radical (unpaired) electrons. The van der Waals surface area contributed by atoms with Crippen LogP contribution in [-0.4, -0.2) is 31.2 Å². The molecule has 0 fully saturated rings. The Morgan fingerprint density at radius 1 is 1.31 bits per heavy atom. The molecular formula is C17H12N4O4S. The van der Waals surface area contributed by atoms with Gasteiger partial charge in [-0.15, -0.1) is 11.3 Å². The molecule has 0 unspecified atom stereocenters. The van der Waals surface area contributed by atoms with Crippen molar-refractivity contribution in [1.82, 2.24) is 20.1 Å². The van der Waals surface area contributed by atoms with Crippen molar-refractivity contribution in [3.8, 4) is 11.6 Å². The number of aromatic amines is 1. The zero-order chi connectivity index (χ0) is 18.1. The van der Waals surface area contributed by atoms with Crippen molar-refractivity contribution in [2.24, 2.45) is 0 Å². The fourth-order valence-corrected chi connectivity index (χ4v) is 3.69. The zero-order valence-electron chi connectivity index (χ0n) is 13.3. The average molecular weight is 368 g/mol. The minimum Gasteiger partial charge on any atom is -0.478 e. The molecule has 0 aliphatic rings. The molecule has 0 spiro atoms. The second-order valence-electron chi connectivity index (χ2n) is 5.55. The summed E-state index contributed by atoms with van der Waals surface area (Å²) < 4.78 is 5.97. The van der Waals surface area contributed by atoms with Gasteiger partial charge in [-0.05, 0) is 24.1 Å². The molecule has 0 atom stereocenters. The lowest BCUT2D eigenvalue weighted by Gasteiger charge is -2.01. The van der Waals surface area contributed by atoms with E-state index in [0.29, 0.717) is 35.8 Å². The minimum atomic E-state index is -1.07. The number of aryl methyl sites for hydroxylation is 2. The van der Waals surface area contributed by atoms with Crippen LogP contribution in [0.25, 0.3) is 21.8 Å². The van der Waals surface area contributed by atoms with E-state index in [1.165, 1.54) is 22.8 Å². The SMILES string of the molecule is O=C(O)c1csc2c(CCc3noc(-c4ccccn4)n3)cc(=O)[nH]c12. The van der Waals surface area contributed by atoms with Crippen molar-refractivity contribution in [3.05, 3.63) is 63.1 Å². The van der Waals surface area contributed by atoms with Crippen molar-refractivity contribution in [3.63, 3.8) is 0 Å². The van der Waals surface area contributed by atoms with Crippen molar-refractivity contribution in [1.29, 1.82) is 0 Å². The first-order chi connectivity index (χ1) is 12.6. The first-order valence-electron chi connectivity index (χ1n) is 7.72. The van der Waals surface area contributed by atoms with Crippen LogP contribution >= 0.6 is 11.3 Å². The highest BCUT2D eigenvalue weighted by atomic mass is 32.1. The van der Waals surface area contributed by atoms with Crippen LogP contribution in [0.5, 0.6) is 0 Å². The second-order valence-corrected chi connectivity index (χ2v) is 6.43. The Bertz CT molecular complexity index is 1150. The quantitative estimate of drug-likeness (QED) is 0.555. The van der Waals surface area contributed by atoms with Crippen LogP contribution in [0.3, 0.4) is 0 Å². The number of hydrogen-bond acceptors (Lipinski definition) is 7. The van der Waals surface area contributed by atoms with Crippen LogP contribution in [0, 0.1) is 0 Å². The van der Waals surface area contributed by atoms with Gasteiger partial charge in [-0.2, -0.15) is 4.98 Å². The van der Waals surface area contributed by atoms with E-state index in [-0.39, 0.29) is 11.1 Å². The summed E-state index contributed by atoms with van der Waals surface area (Å²) in [6.07, 6.45) is 2.58. The van der Waals surface area contributed by atoms with Crippen molar-refractivity contribution in [2.75, 3.05) is 0 Å². The predicted molar refractivity (Wildman–Crippen MR) is 94.3 cm³/mol. The van der Waals surface area contributed by atoms with Crippen LogP contribution in [0.1, 0.15) is 21.7 Å². The number of aromatic carboxylic acids is 1. The molecule has 0 saturated heterocycles. The summed E-state index contributed by atoms with van der Waals surface area (Å²) >= 11 is 1.29. The summed E-state index contributed by atoms with van der Waals surface area (Å²) in [5, 5.41) is 14.7. The molecule has 0 aliphatic heterocycles. The number of thiophene rings is 1. The lowest BCUT2D eigenvalue weighted by Crippen LogP contribution is -2.08. The van der Waals surface area contributed by atoms with E-state index in [4.69, 9.17) is 4.52 Å². The van der Waals surface area contributed by atoms with Crippen LogP contribution in [-0.2, 0) is 12.8 Å². The Balaban J connectivity index is 1.60. The number of pyridine rings is 2. The molecule has 8 nitrogen and oxygen atoms in total. The van der Waals surface area contributed by atoms with Gasteiger partial charge in [-0.3, -0.25) is 9.78 Å². The second kappa shape index (κ2) is 6.52. The molecule has 9 heteroatoms. The lowest BCUT2D eigenvalue weighted by molar-refractivity contribution is 0.0699. The largest absolute Gasteiger partial charge is 0.478 e. The van der Waals surface area contributed by atoms with Gasteiger partial charge in [-0.1, -0.05) is 11.2 Å². The number of fused-ring (bicyclic) bond motifs is 1. The maximum absolute atomic E-state index is 11.9. The Labute approximate surface area is 150 Å². The third-order valence-electron chi connectivity index (χ3n) is 3.84. The molecule has 130 valence electrons. The number of hydrogen-bond donors (Lipinski definition) is 2. The Hall–Kier alpha value is -3.33. The predicted octanol–water partition coefficient (Wildman–Crippen LogP) is 2.52. The molecule has 26 heavy (non-hydrogen) atoms. The third kappa shape index (κ3) is 3.00. The number of carbonyl (C=O) groups is 1. The molecule has 0 saturated carbocycles. The van der Waals surface area contributed by atoms with Crippen LogP contribution < -0.4 is 5.56 Å². The highest BCUT2D eigenvalue weighted by Crippen LogP contribution is 2.27. The molecular weight excluding hydrogens is 356 g/mol. The number of rotatable bonds is 5. The summed E-state index contributed by atoms with van der Waals surface area (Å²) in [5.41, 5.74) is 1.46. The van der Waals surface area contributed by atoms with Crippen molar-refractivity contribution in [2.45, 2.75) is 12.8 Å². The summed E-state index contributed by atoms with van der Waals surface area (Å²) in [4.78, 5) is 34.2. The number of nitrogens with one attached hydrogen (secondary N) is 1. The molecule has 4 aromatic rings. The smallest absolute Gasteiger partial charge is 0.338 e. The minimum absolute atomic E-state index is 0.0981. The molecule has 4 rings (SSSR count). The topological polar surface area (TPSA) is 122 Å². The van der Waals surface area contributed by atoms with E-state index >= 15 is 0 Å². The Morgan fingerprint density at radius 2 is 2.19 bits per heavy atom. The fraction of sp³-hybridized carbons (Fsp3) is 0.118. The third-order valence-corrected chi connectivity index (χ3v) is 4.89. The van der Waals surface area contributed by atoms with Crippen LogP contribution in [0.2, 0.25) is 0 Å². The molecule has 4 heterocycles. The molecule has 0 aromatic carbocycles. The van der Waals surface area contributed by atoms with E-state index in [1.807, 2.05) is 6.07 Å². The number of aromatic nitrogens is 4. The van der Waals surface area contributed by atoms with Gasteiger partial charge < -0.3 is 14.6 Å². The average Bonchev–Trinajstić information content (AvgIpc) is 3.27. The molecule has 2 N–H and O–H groups in total. The van der Waals surface area contributed by atoms with Gasteiger partial charge in [0.1, 0.15) is 5.69 Å². The Morgan fingerprint density at radius 3 is 2.96 bits per heavy atom. The number of nitrogens with zero attached hydrogens (tertiary/aromatic N) is 3. The van der Waals surface area contributed by atoms with Crippen LogP contribution in [0.4, 0.5) is 0 Å². The maximum atomic E-state index is 11.9. The number of carboxylic acid groups (broad SMARTS) is 1. The summed E-state index contributed by atoms with van der Waals surface area (Å²) in [6.45, 7) is 0. The van der Waals surface area contributed by atoms with Gasteiger partial charge in [0.2, 0.25) is 5.56 Å². The van der Waals surface area contributed by atoms with Gasteiger partial charge in [0.15, 0.2) is 5.82 Å². The van der Waals surface area contributed by atoms with Gasteiger partial charge in [-0.25, -0.2) is 4.79 Å². The van der Waals surface area contributed by atoms with E-state index in [1.54, 1.807) is 18.3 Å². The van der Waals surface area contributed by atoms with Crippen LogP contribution in [0.15, 0.2) is 45.2 Å². The van der Waals surface area contributed by atoms with E-state index in [0.717, 1.165) is 10.3 Å². The highest BCUT2D eigenvalue weighted by Gasteiger charge is 2.16. The Kier molecular flexibility index (Phi) is 4.05. The fourth-order valence-electron chi connectivity index (χ4n) is 2.64. The first kappa shape index (κ1) is 16.2. The number of carboxylic acids is 1. The van der Waals surface area contributed by atoms with E-state index in [9.17, 15) is 14.7 Å². The van der Waals surface area contributed by atoms with Gasteiger partial charge in [0.05, 0.1) is 15.8 Å². The van der Waals surface area contributed by atoms with Gasteiger partial charge in [0.25, 0.3) is 5.89 Å². The monoisotopic (exact) mass is 368 g/mol. The molecule has 4 aromatic heterocycles. The summed E-state index contributed by atoms with van der Waals surface area (Å²) in [6, 6.07) is 6.88. The van der Waals surface area contributed by atoms with Gasteiger partial charge >= 0.3 is 5.97 Å². The van der Waals surface area contributed by atoms with E-state index < -0.39 is 5.97 Å². The highest BCUT2D eigenvalue weighted by molar-refractivity contribution is 7.17. The van der Waals surface area contributed by atoms with Crippen molar-refractivity contribution >= 4 is 27.5 Å². The van der Waals surface area contributed by atoms with Gasteiger partial charge in [0, 0.05) is 24.1 Å². The maximum Gasteiger partial charge on any atom is 0.338 e. The number of H-pyrrole nitrogens is 1.